The third-order valence-corrected chi connectivity index (χ3v) is 6.40. The van der Waals surface area contributed by atoms with Gasteiger partial charge >= 0.3 is 0 Å². The Kier molecular flexibility index (Phi) is 6.69. The minimum atomic E-state index is -3.65. The molecule has 1 N–H and O–H groups in total. The Morgan fingerprint density at radius 2 is 1.62 bits per heavy atom. The topological polar surface area (TPSA) is 66.5 Å². The Balaban J connectivity index is 2.39. The van der Waals surface area contributed by atoms with Gasteiger partial charge in [0.15, 0.2) is 0 Å². The number of rotatable bonds is 6. The van der Waals surface area contributed by atoms with Gasteiger partial charge in [-0.15, -0.1) is 0 Å². The van der Waals surface area contributed by atoms with Crippen molar-refractivity contribution in [2.45, 2.75) is 25.7 Å². The van der Waals surface area contributed by atoms with Crippen molar-refractivity contribution in [3.8, 4) is 0 Å². The van der Waals surface area contributed by atoms with Crippen molar-refractivity contribution in [1.82, 2.24) is 4.31 Å². The number of nitrogens with zero attached hydrogens (tertiary/aromatic N) is 1. The smallest absolute Gasteiger partial charge is 0.255 e. The van der Waals surface area contributed by atoms with Crippen LogP contribution in [-0.2, 0) is 10.0 Å². The second kappa shape index (κ2) is 8.39. The van der Waals surface area contributed by atoms with E-state index in [4.69, 9.17) is 23.2 Å². The maximum atomic E-state index is 12.7. The number of aryl methyl sites for hydroxylation is 1. The van der Waals surface area contributed by atoms with Gasteiger partial charge in [0, 0.05) is 34.4 Å². The van der Waals surface area contributed by atoms with Crippen LogP contribution < -0.4 is 5.32 Å². The molecule has 5 nitrogen and oxygen atoms in total. The number of amides is 1. The molecule has 2 rings (SSSR count). The maximum Gasteiger partial charge on any atom is 0.255 e. The Morgan fingerprint density at radius 3 is 2.15 bits per heavy atom. The quantitative estimate of drug-likeness (QED) is 0.751. The van der Waals surface area contributed by atoms with E-state index in [2.05, 4.69) is 5.32 Å². The summed E-state index contributed by atoms with van der Waals surface area (Å²) in [7, 11) is -3.65. The highest BCUT2D eigenvalue weighted by Crippen LogP contribution is 2.24. The van der Waals surface area contributed by atoms with E-state index in [0.29, 0.717) is 34.4 Å². The van der Waals surface area contributed by atoms with E-state index in [9.17, 15) is 13.2 Å². The minimum Gasteiger partial charge on any atom is -0.322 e. The fourth-order valence-electron chi connectivity index (χ4n) is 2.54. The predicted molar refractivity (Wildman–Crippen MR) is 106 cm³/mol. The van der Waals surface area contributed by atoms with Crippen LogP contribution in [-0.4, -0.2) is 31.7 Å². The lowest BCUT2D eigenvalue weighted by molar-refractivity contribution is 0.102. The summed E-state index contributed by atoms with van der Waals surface area (Å²) in [6.45, 7) is 6.00. The third kappa shape index (κ3) is 4.57. The number of carbonyl (C=O) groups excluding carboxylic acids is 1. The zero-order valence-corrected chi connectivity index (χ0v) is 17.0. The van der Waals surface area contributed by atoms with Gasteiger partial charge in [0.25, 0.3) is 5.91 Å². The van der Waals surface area contributed by atoms with Crippen molar-refractivity contribution in [2.24, 2.45) is 0 Å². The van der Waals surface area contributed by atoms with Gasteiger partial charge in [-0.2, -0.15) is 4.31 Å². The number of sulfonamides is 1. The fourth-order valence-corrected chi connectivity index (χ4v) is 4.55. The Morgan fingerprint density at radius 1 is 1.04 bits per heavy atom. The van der Waals surface area contributed by atoms with Crippen LogP contribution in [0.3, 0.4) is 0 Å². The average Bonchev–Trinajstić information content (AvgIpc) is 2.54. The number of benzene rings is 2. The first-order valence-electron chi connectivity index (χ1n) is 8.07. The molecule has 0 heterocycles. The van der Waals surface area contributed by atoms with Crippen LogP contribution >= 0.6 is 23.2 Å². The molecular weight excluding hydrogens is 395 g/mol. The lowest BCUT2D eigenvalue weighted by Gasteiger charge is -2.19. The Labute approximate surface area is 164 Å². The molecule has 26 heavy (non-hydrogen) atoms. The zero-order chi connectivity index (χ0) is 19.5. The molecule has 2 aromatic carbocycles. The van der Waals surface area contributed by atoms with Gasteiger partial charge in [-0.05, 0) is 42.8 Å². The molecule has 0 saturated carbocycles. The summed E-state index contributed by atoms with van der Waals surface area (Å²) in [6, 6.07) is 9.21. The molecule has 1 amide bonds. The van der Waals surface area contributed by atoms with Crippen molar-refractivity contribution in [2.75, 3.05) is 18.4 Å². The molecule has 0 spiro atoms. The van der Waals surface area contributed by atoms with E-state index >= 15 is 0 Å². The van der Waals surface area contributed by atoms with Crippen LogP contribution in [0.4, 0.5) is 5.69 Å². The Hall–Kier alpha value is -1.60. The largest absolute Gasteiger partial charge is 0.322 e. The lowest BCUT2D eigenvalue weighted by atomic mass is 10.1. The van der Waals surface area contributed by atoms with Crippen LogP contribution in [0.2, 0.25) is 10.0 Å². The summed E-state index contributed by atoms with van der Waals surface area (Å²) in [4.78, 5) is 12.7. The number of nitrogens with one attached hydrogen (secondary N) is 1. The van der Waals surface area contributed by atoms with Gasteiger partial charge in [-0.3, -0.25) is 4.79 Å². The second-order valence-corrected chi connectivity index (χ2v) is 8.49. The van der Waals surface area contributed by atoms with Gasteiger partial charge in [0.2, 0.25) is 10.0 Å². The number of anilines is 1. The third-order valence-electron chi connectivity index (χ3n) is 3.92. The first-order valence-corrected chi connectivity index (χ1v) is 10.3. The van der Waals surface area contributed by atoms with Crippen LogP contribution in [0.1, 0.15) is 29.8 Å². The van der Waals surface area contributed by atoms with Crippen molar-refractivity contribution in [1.29, 1.82) is 0 Å². The van der Waals surface area contributed by atoms with Crippen molar-refractivity contribution < 1.29 is 13.2 Å². The molecule has 0 fully saturated rings. The summed E-state index contributed by atoms with van der Waals surface area (Å²) in [5, 5.41) is 3.48. The number of halogens is 2. The zero-order valence-electron chi connectivity index (χ0n) is 14.7. The van der Waals surface area contributed by atoms with E-state index in [1.807, 2.05) is 0 Å². The van der Waals surface area contributed by atoms with E-state index in [1.165, 1.54) is 16.4 Å². The lowest BCUT2D eigenvalue weighted by Crippen LogP contribution is -2.30. The van der Waals surface area contributed by atoms with Gasteiger partial charge < -0.3 is 5.32 Å². The molecule has 140 valence electrons. The molecule has 0 aromatic heterocycles. The molecule has 0 aliphatic carbocycles. The summed E-state index contributed by atoms with van der Waals surface area (Å²) in [5.41, 5.74) is 1.37. The van der Waals surface area contributed by atoms with Crippen molar-refractivity contribution >= 4 is 44.8 Å². The Bertz CT molecular complexity index is 906. The number of hydrogen-bond donors (Lipinski definition) is 1. The average molecular weight is 415 g/mol. The van der Waals surface area contributed by atoms with E-state index in [-0.39, 0.29) is 10.5 Å². The summed E-state index contributed by atoms with van der Waals surface area (Å²) in [5.74, 6) is -0.433. The highest BCUT2D eigenvalue weighted by Gasteiger charge is 2.23. The maximum absolute atomic E-state index is 12.7. The predicted octanol–water partition coefficient (Wildman–Crippen LogP) is 4.58. The van der Waals surface area contributed by atoms with Gasteiger partial charge in [0.1, 0.15) is 0 Å². The normalized spacial score (nSPS) is 11.6. The molecule has 0 radical (unpaired) electrons. The molecule has 0 aliphatic heterocycles. The molecule has 8 heteroatoms. The molecule has 0 atom stereocenters. The highest BCUT2D eigenvalue weighted by atomic mass is 35.5. The molecular formula is C18H20Cl2N2O3S. The summed E-state index contributed by atoms with van der Waals surface area (Å²) >= 11 is 11.9. The van der Waals surface area contributed by atoms with Gasteiger partial charge in [0.05, 0.1) is 4.90 Å². The first-order chi connectivity index (χ1) is 12.2. The number of carbonyl (C=O) groups is 1. The van der Waals surface area contributed by atoms with Crippen LogP contribution in [0.25, 0.3) is 0 Å². The van der Waals surface area contributed by atoms with E-state index in [0.717, 1.165) is 0 Å². The van der Waals surface area contributed by atoms with E-state index < -0.39 is 15.9 Å². The summed E-state index contributed by atoms with van der Waals surface area (Å²) < 4.78 is 26.7. The van der Waals surface area contributed by atoms with Crippen LogP contribution in [0.5, 0.6) is 0 Å². The summed E-state index contributed by atoms with van der Waals surface area (Å²) in [6.07, 6.45) is 0. The fraction of sp³-hybridized carbons (Fsp3) is 0.278. The van der Waals surface area contributed by atoms with Crippen LogP contribution in [0, 0.1) is 6.92 Å². The van der Waals surface area contributed by atoms with Crippen molar-refractivity contribution in [3.05, 3.63) is 57.6 Å². The SMILES string of the molecule is CCN(CC)S(=O)(=O)c1ccc(C)c(C(=O)Nc2cc(Cl)cc(Cl)c2)c1. The monoisotopic (exact) mass is 414 g/mol. The van der Waals surface area contributed by atoms with E-state index in [1.54, 1.807) is 45.0 Å². The van der Waals surface area contributed by atoms with Crippen LogP contribution in [0.15, 0.2) is 41.3 Å². The second-order valence-electron chi connectivity index (χ2n) is 5.68. The standard InChI is InChI=1S/C18H20Cl2N2O3S/c1-4-22(5-2)26(24,25)16-7-6-12(3)17(11-16)18(23)21-15-9-13(19)8-14(20)10-15/h6-11H,4-5H2,1-3H3,(H,21,23). The molecule has 0 saturated heterocycles. The van der Waals surface area contributed by atoms with Crippen molar-refractivity contribution in [3.63, 3.8) is 0 Å². The minimum absolute atomic E-state index is 0.0843. The van der Waals surface area contributed by atoms with Gasteiger partial charge in [-0.25, -0.2) is 8.42 Å². The molecule has 0 aliphatic rings. The molecule has 0 bridgehead atoms. The first kappa shape index (κ1) is 20.7. The highest BCUT2D eigenvalue weighted by molar-refractivity contribution is 7.89. The molecule has 0 unspecified atom stereocenters. The molecule has 2 aromatic rings. The number of hydrogen-bond acceptors (Lipinski definition) is 3. The van der Waals surface area contributed by atoms with Gasteiger partial charge in [-0.1, -0.05) is 43.1 Å².